The zero-order chi connectivity index (χ0) is 25.0. The molecule has 0 radical (unpaired) electrons. The number of nitrogens with zero attached hydrogens (tertiary/aromatic N) is 4. The number of fused-ring (bicyclic) bond motifs is 1. The monoisotopic (exact) mass is 472 g/mol. The number of aromatic nitrogens is 3. The molecule has 2 atom stereocenters. The number of hydrogen-bond donors (Lipinski definition) is 0. The zero-order valence-corrected chi connectivity index (χ0v) is 20.3. The van der Waals surface area contributed by atoms with E-state index >= 15 is 0 Å². The van der Waals surface area contributed by atoms with Gasteiger partial charge >= 0.3 is 0 Å². The SMILES string of the molecule is Cc1cc(C(=O)CN2C(=O)C3CC=CCC3C2=O)c(C)n1-c1c(C)n(C)n(-c2ccccc2)c1=O. The highest BCUT2D eigenvalue weighted by Crippen LogP contribution is 2.35. The van der Waals surface area contributed by atoms with Gasteiger partial charge in [0.2, 0.25) is 11.8 Å². The minimum absolute atomic E-state index is 0.196. The second-order valence-electron chi connectivity index (χ2n) is 9.37. The molecule has 0 spiro atoms. The lowest BCUT2D eigenvalue weighted by molar-refractivity contribution is -0.139. The van der Waals surface area contributed by atoms with Crippen LogP contribution in [-0.4, -0.2) is 43.0 Å². The van der Waals surface area contributed by atoms with Gasteiger partial charge in [-0.25, -0.2) is 4.68 Å². The van der Waals surface area contributed by atoms with E-state index < -0.39 is 0 Å². The van der Waals surface area contributed by atoms with Gasteiger partial charge in [-0.15, -0.1) is 0 Å². The molecule has 8 nitrogen and oxygen atoms in total. The number of aryl methyl sites for hydroxylation is 1. The quantitative estimate of drug-likeness (QED) is 0.325. The van der Waals surface area contributed by atoms with Crippen molar-refractivity contribution in [2.45, 2.75) is 33.6 Å². The van der Waals surface area contributed by atoms with Crippen LogP contribution in [0, 0.1) is 32.6 Å². The van der Waals surface area contributed by atoms with Crippen molar-refractivity contribution in [3.8, 4) is 11.4 Å². The molecule has 0 N–H and O–H groups in total. The van der Waals surface area contributed by atoms with Crippen molar-refractivity contribution in [3.63, 3.8) is 0 Å². The summed E-state index contributed by atoms with van der Waals surface area (Å²) >= 11 is 0. The average molecular weight is 473 g/mol. The van der Waals surface area contributed by atoms with Gasteiger partial charge in [-0.05, 0) is 51.8 Å². The summed E-state index contributed by atoms with van der Waals surface area (Å²) in [5.74, 6) is -1.57. The molecule has 2 aliphatic rings. The maximum absolute atomic E-state index is 13.5. The fraction of sp³-hybridized carbons (Fsp3) is 0.333. The van der Waals surface area contributed by atoms with Gasteiger partial charge in [-0.2, -0.15) is 0 Å². The van der Waals surface area contributed by atoms with Gasteiger partial charge < -0.3 is 4.57 Å². The van der Waals surface area contributed by atoms with Crippen molar-refractivity contribution in [1.29, 1.82) is 0 Å². The van der Waals surface area contributed by atoms with Crippen LogP contribution in [0.2, 0.25) is 0 Å². The predicted octanol–water partition coefficient (Wildman–Crippen LogP) is 3.03. The molecule has 3 heterocycles. The molecule has 1 fully saturated rings. The highest BCUT2D eigenvalue weighted by Gasteiger charge is 2.47. The third kappa shape index (κ3) is 3.43. The lowest BCUT2D eigenvalue weighted by Crippen LogP contribution is -2.36. The number of rotatable bonds is 5. The van der Waals surface area contributed by atoms with Crippen molar-refractivity contribution in [1.82, 2.24) is 18.8 Å². The number of para-hydroxylation sites is 1. The Balaban J connectivity index is 1.50. The van der Waals surface area contributed by atoms with Crippen LogP contribution in [0.5, 0.6) is 0 Å². The fourth-order valence-corrected chi connectivity index (χ4v) is 5.45. The van der Waals surface area contributed by atoms with Gasteiger partial charge in [0, 0.05) is 24.0 Å². The first-order valence-electron chi connectivity index (χ1n) is 11.8. The molecule has 1 aliphatic carbocycles. The minimum atomic E-state index is -0.365. The van der Waals surface area contributed by atoms with Crippen molar-refractivity contribution in [2.24, 2.45) is 18.9 Å². The Morgan fingerprint density at radius 1 is 0.914 bits per heavy atom. The molecule has 2 unspecified atom stereocenters. The van der Waals surface area contributed by atoms with Crippen LogP contribution in [0.15, 0.2) is 53.3 Å². The maximum Gasteiger partial charge on any atom is 0.295 e. The Kier molecular flexibility index (Phi) is 5.46. The molecule has 5 rings (SSSR count). The number of ketones is 1. The number of likely N-dealkylation sites (tertiary alicyclic amines) is 1. The van der Waals surface area contributed by atoms with Crippen LogP contribution in [0.25, 0.3) is 11.4 Å². The molecule has 1 aromatic carbocycles. The Hall–Kier alpha value is -3.94. The molecule has 1 aliphatic heterocycles. The van der Waals surface area contributed by atoms with Crippen LogP contribution in [0.3, 0.4) is 0 Å². The molecule has 180 valence electrons. The van der Waals surface area contributed by atoms with Gasteiger partial charge in [0.1, 0.15) is 5.69 Å². The molecule has 2 aromatic heterocycles. The fourth-order valence-electron chi connectivity index (χ4n) is 5.45. The first-order valence-corrected chi connectivity index (χ1v) is 11.8. The number of benzene rings is 1. The minimum Gasteiger partial charge on any atom is -0.311 e. The third-order valence-corrected chi connectivity index (χ3v) is 7.38. The Morgan fingerprint density at radius 3 is 2.11 bits per heavy atom. The molecular formula is C27H28N4O4. The van der Waals surface area contributed by atoms with Crippen LogP contribution in [0.1, 0.15) is 40.3 Å². The number of amides is 2. The van der Waals surface area contributed by atoms with Gasteiger partial charge in [-0.3, -0.25) is 28.8 Å². The largest absolute Gasteiger partial charge is 0.311 e. The Labute approximate surface area is 203 Å². The molecule has 0 saturated carbocycles. The van der Waals surface area contributed by atoms with E-state index in [1.807, 2.05) is 63.4 Å². The van der Waals surface area contributed by atoms with E-state index in [0.717, 1.165) is 22.0 Å². The van der Waals surface area contributed by atoms with Crippen LogP contribution >= 0.6 is 0 Å². The first kappa shape index (κ1) is 22.8. The molecule has 2 amide bonds. The summed E-state index contributed by atoms with van der Waals surface area (Å²) < 4.78 is 5.19. The van der Waals surface area contributed by atoms with E-state index in [-0.39, 0.29) is 41.5 Å². The second kappa shape index (κ2) is 8.37. The van der Waals surface area contributed by atoms with Crippen molar-refractivity contribution in [3.05, 3.63) is 81.5 Å². The van der Waals surface area contributed by atoms with E-state index in [9.17, 15) is 19.2 Å². The molecular weight excluding hydrogens is 444 g/mol. The molecule has 8 heteroatoms. The molecule has 3 aromatic rings. The maximum atomic E-state index is 13.5. The summed E-state index contributed by atoms with van der Waals surface area (Å²) in [5.41, 5.74) is 3.51. The van der Waals surface area contributed by atoms with Gasteiger partial charge in [0.15, 0.2) is 5.78 Å². The van der Waals surface area contributed by atoms with E-state index in [1.165, 1.54) is 0 Å². The molecule has 0 bridgehead atoms. The van der Waals surface area contributed by atoms with Gasteiger partial charge in [0.05, 0.1) is 29.8 Å². The van der Waals surface area contributed by atoms with E-state index in [2.05, 4.69) is 0 Å². The van der Waals surface area contributed by atoms with Crippen molar-refractivity contribution >= 4 is 17.6 Å². The summed E-state index contributed by atoms with van der Waals surface area (Å²) in [6, 6.07) is 11.1. The highest BCUT2D eigenvalue weighted by atomic mass is 16.2. The Bertz CT molecular complexity index is 1430. The topological polar surface area (TPSA) is 86.3 Å². The molecule has 35 heavy (non-hydrogen) atoms. The van der Waals surface area contributed by atoms with Gasteiger partial charge in [0.25, 0.3) is 5.56 Å². The van der Waals surface area contributed by atoms with E-state index in [4.69, 9.17) is 0 Å². The Morgan fingerprint density at radius 2 is 1.51 bits per heavy atom. The number of allylic oxidation sites excluding steroid dienone is 2. The first-order chi connectivity index (χ1) is 16.7. The molecule has 1 saturated heterocycles. The summed E-state index contributed by atoms with van der Waals surface area (Å²) in [6.07, 6.45) is 4.93. The van der Waals surface area contributed by atoms with Crippen molar-refractivity contribution in [2.75, 3.05) is 6.54 Å². The number of Topliss-reactive ketones (excluding diaryl/α,β-unsaturated/α-hetero) is 1. The lowest BCUT2D eigenvalue weighted by Gasteiger charge is -2.14. The zero-order valence-electron chi connectivity index (χ0n) is 20.3. The smallest absolute Gasteiger partial charge is 0.295 e. The summed E-state index contributed by atoms with van der Waals surface area (Å²) in [7, 11) is 1.83. The van der Waals surface area contributed by atoms with Crippen LogP contribution < -0.4 is 5.56 Å². The van der Waals surface area contributed by atoms with E-state index in [0.29, 0.717) is 29.8 Å². The predicted molar refractivity (Wildman–Crippen MR) is 131 cm³/mol. The third-order valence-electron chi connectivity index (χ3n) is 7.38. The van der Waals surface area contributed by atoms with E-state index in [1.54, 1.807) is 26.9 Å². The standard InChI is InChI=1S/C27H28N4O4/c1-16-14-22(23(32)15-29-25(33)20-12-8-9-13-21(20)26(29)34)17(2)30(16)24-18(3)28(4)31(27(24)35)19-10-6-5-7-11-19/h5-11,14,20-21H,12-13,15H2,1-4H3. The van der Waals surface area contributed by atoms with Gasteiger partial charge in [-0.1, -0.05) is 30.4 Å². The highest BCUT2D eigenvalue weighted by molar-refractivity contribution is 6.10. The summed E-state index contributed by atoms with van der Waals surface area (Å²) in [5, 5.41) is 0. The van der Waals surface area contributed by atoms with Crippen LogP contribution in [-0.2, 0) is 16.6 Å². The average Bonchev–Trinajstić information content (AvgIpc) is 3.36. The second-order valence-corrected chi connectivity index (χ2v) is 9.37. The van der Waals surface area contributed by atoms with Crippen molar-refractivity contribution < 1.29 is 14.4 Å². The number of carbonyl (C=O) groups is 3. The normalized spacial score (nSPS) is 19.5. The summed E-state index contributed by atoms with van der Waals surface area (Å²) in [4.78, 5) is 53.6. The number of imide groups is 1. The number of hydrogen-bond acceptors (Lipinski definition) is 4. The number of carbonyl (C=O) groups excluding carboxylic acids is 3. The lowest BCUT2D eigenvalue weighted by atomic mass is 9.85. The summed E-state index contributed by atoms with van der Waals surface area (Å²) in [6.45, 7) is 5.22. The van der Waals surface area contributed by atoms with Crippen LogP contribution in [0.4, 0.5) is 0 Å².